The lowest BCUT2D eigenvalue weighted by Crippen LogP contribution is -2.26. The first-order chi connectivity index (χ1) is 10.8. The number of para-hydroxylation sites is 1. The molecule has 0 saturated carbocycles. The molecule has 4 rings (SSSR count). The second-order valence-corrected chi connectivity index (χ2v) is 5.75. The van der Waals surface area contributed by atoms with Crippen LogP contribution in [0.1, 0.15) is 33.7 Å². The summed E-state index contributed by atoms with van der Waals surface area (Å²) in [6.45, 7) is 0.613. The number of benzene rings is 1. The van der Waals surface area contributed by atoms with Gasteiger partial charge in [-0.05, 0) is 37.3 Å². The molecule has 2 aromatic heterocycles. The van der Waals surface area contributed by atoms with E-state index in [-0.39, 0.29) is 5.91 Å². The molecule has 1 amide bonds. The average Bonchev–Trinajstić information content (AvgIpc) is 3.22. The fourth-order valence-electron chi connectivity index (χ4n) is 3.24. The van der Waals surface area contributed by atoms with Gasteiger partial charge in [0.15, 0.2) is 5.69 Å². The molecule has 1 aliphatic carbocycles. The molecule has 0 spiro atoms. The van der Waals surface area contributed by atoms with Crippen molar-refractivity contribution in [1.29, 1.82) is 0 Å². The minimum absolute atomic E-state index is 0.0701. The van der Waals surface area contributed by atoms with Crippen LogP contribution >= 0.6 is 0 Å². The van der Waals surface area contributed by atoms with Gasteiger partial charge >= 0.3 is 0 Å². The van der Waals surface area contributed by atoms with Crippen LogP contribution in [0.4, 0.5) is 0 Å². The zero-order valence-corrected chi connectivity index (χ0v) is 12.3. The summed E-state index contributed by atoms with van der Waals surface area (Å²) < 4.78 is 0. The highest BCUT2D eigenvalue weighted by Crippen LogP contribution is 2.22. The standard InChI is InChI=1S/C17H18N4O/c22-17(16-13-5-3-7-15(13)20-21-16)18-9-8-11-10-19-14-6-2-1-4-12(11)14/h1-2,4,6,10,19H,3,5,7-9H2,(H,18,22)(H,20,21). The topological polar surface area (TPSA) is 73.6 Å². The number of fused-ring (bicyclic) bond motifs is 2. The van der Waals surface area contributed by atoms with Crippen molar-refractivity contribution in [3.8, 4) is 0 Å². The highest BCUT2D eigenvalue weighted by atomic mass is 16.1. The second kappa shape index (κ2) is 5.33. The van der Waals surface area contributed by atoms with Gasteiger partial charge in [0, 0.05) is 34.9 Å². The Hall–Kier alpha value is -2.56. The number of aromatic amines is 2. The zero-order chi connectivity index (χ0) is 14.9. The maximum absolute atomic E-state index is 12.3. The third-order valence-electron chi connectivity index (χ3n) is 4.38. The Labute approximate surface area is 128 Å². The van der Waals surface area contributed by atoms with E-state index < -0.39 is 0 Å². The smallest absolute Gasteiger partial charge is 0.272 e. The van der Waals surface area contributed by atoms with Crippen molar-refractivity contribution in [1.82, 2.24) is 20.5 Å². The Bertz CT molecular complexity index is 830. The van der Waals surface area contributed by atoms with Crippen LogP contribution < -0.4 is 5.32 Å². The number of H-pyrrole nitrogens is 2. The molecule has 3 aromatic rings. The number of carbonyl (C=O) groups is 1. The van der Waals surface area contributed by atoms with Crippen molar-refractivity contribution in [2.45, 2.75) is 25.7 Å². The summed E-state index contributed by atoms with van der Waals surface area (Å²) >= 11 is 0. The second-order valence-electron chi connectivity index (χ2n) is 5.75. The number of carbonyl (C=O) groups excluding carboxylic acids is 1. The summed E-state index contributed by atoms with van der Waals surface area (Å²) in [5.41, 5.74) is 5.16. The maximum atomic E-state index is 12.3. The largest absolute Gasteiger partial charge is 0.361 e. The summed E-state index contributed by atoms with van der Waals surface area (Å²) in [7, 11) is 0. The minimum atomic E-state index is -0.0701. The quantitative estimate of drug-likeness (QED) is 0.691. The van der Waals surface area contributed by atoms with Gasteiger partial charge in [-0.3, -0.25) is 9.89 Å². The molecule has 2 heterocycles. The normalized spacial score (nSPS) is 13.5. The molecule has 5 nitrogen and oxygen atoms in total. The summed E-state index contributed by atoms with van der Waals surface area (Å²) in [4.78, 5) is 15.5. The highest BCUT2D eigenvalue weighted by molar-refractivity contribution is 5.94. The van der Waals surface area contributed by atoms with Crippen LogP contribution in [0.2, 0.25) is 0 Å². The molecule has 0 bridgehead atoms. The van der Waals surface area contributed by atoms with E-state index in [1.54, 1.807) is 0 Å². The fourth-order valence-corrected chi connectivity index (χ4v) is 3.24. The van der Waals surface area contributed by atoms with Gasteiger partial charge in [0.2, 0.25) is 0 Å². The lowest BCUT2D eigenvalue weighted by molar-refractivity contribution is 0.0948. The third kappa shape index (κ3) is 2.19. The molecule has 0 saturated heterocycles. The van der Waals surface area contributed by atoms with Gasteiger partial charge in [-0.15, -0.1) is 0 Å². The van der Waals surface area contributed by atoms with E-state index in [0.29, 0.717) is 12.2 Å². The van der Waals surface area contributed by atoms with Crippen molar-refractivity contribution in [3.05, 3.63) is 53.0 Å². The van der Waals surface area contributed by atoms with Crippen LogP contribution in [0.5, 0.6) is 0 Å². The number of rotatable bonds is 4. The van der Waals surface area contributed by atoms with Crippen molar-refractivity contribution < 1.29 is 4.79 Å². The Balaban J connectivity index is 1.41. The van der Waals surface area contributed by atoms with E-state index in [1.807, 2.05) is 18.3 Å². The SMILES string of the molecule is O=C(NCCc1c[nH]c2ccccc12)c1n[nH]c2c1CCC2. The van der Waals surface area contributed by atoms with Crippen LogP contribution in [-0.4, -0.2) is 27.6 Å². The van der Waals surface area contributed by atoms with E-state index >= 15 is 0 Å². The first-order valence-corrected chi connectivity index (χ1v) is 7.72. The van der Waals surface area contributed by atoms with Gasteiger partial charge < -0.3 is 10.3 Å². The zero-order valence-electron chi connectivity index (χ0n) is 12.3. The summed E-state index contributed by atoms with van der Waals surface area (Å²) in [6, 6.07) is 8.21. The summed E-state index contributed by atoms with van der Waals surface area (Å²) in [6.07, 6.45) is 5.90. The molecule has 22 heavy (non-hydrogen) atoms. The molecule has 0 unspecified atom stereocenters. The monoisotopic (exact) mass is 294 g/mol. The number of aryl methyl sites for hydroxylation is 1. The molecular weight excluding hydrogens is 276 g/mol. The molecule has 5 heteroatoms. The maximum Gasteiger partial charge on any atom is 0.272 e. The number of amides is 1. The van der Waals surface area contributed by atoms with Crippen molar-refractivity contribution in [2.75, 3.05) is 6.54 Å². The van der Waals surface area contributed by atoms with E-state index in [4.69, 9.17) is 0 Å². The lowest BCUT2D eigenvalue weighted by Gasteiger charge is -2.04. The van der Waals surface area contributed by atoms with Crippen LogP contribution in [0, 0.1) is 0 Å². The number of hydrogen-bond donors (Lipinski definition) is 3. The van der Waals surface area contributed by atoms with E-state index in [0.717, 1.165) is 42.5 Å². The predicted molar refractivity (Wildman–Crippen MR) is 84.9 cm³/mol. The first kappa shape index (κ1) is 13.1. The minimum Gasteiger partial charge on any atom is -0.361 e. The molecule has 1 aromatic carbocycles. The van der Waals surface area contributed by atoms with Gasteiger partial charge in [0.05, 0.1) is 0 Å². The Morgan fingerprint density at radius 2 is 2.18 bits per heavy atom. The van der Waals surface area contributed by atoms with Gasteiger partial charge in [0.1, 0.15) is 0 Å². The van der Waals surface area contributed by atoms with Crippen molar-refractivity contribution >= 4 is 16.8 Å². The lowest BCUT2D eigenvalue weighted by atomic mass is 10.1. The average molecular weight is 294 g/mol. The van der Waals surface area contributed by atoms with Crippen LogP contribution in [0.3, 0.4) is 0 Å². The highest BCUT2D eigenvalue weighted by Gasteiger charge is 2.22. The van der Waals surface area contributed by atoms with Gasteiger partial charge in [-0.25, -0.2) is 0 Å². The number of nitrogens with one attached hydrogen (secondary N) is 3. The molecule has 1 aliphatic rings. The Kier molecular flexibility index (Phi) is 3.18. The summed E-state index contributed by atoms with van der Waals surface area (Å²) in [5.74, 6) is -0.0701. The molecule has 112 valence electrons. The van der Waals surface area contributed by atoms with E-state index in [1.165, 1.54) is 10.9 Å². The van der Waals surface area contributed by atoms with Crippen molar-refractivity contribution in [3.63, 3.8) is 0 Å². The van der Waals surface area contributed by atoms with Crippen LogP contribution in [0.15, 0.2) is 30.5 Å². The molecule has 0 aliphatic heterocycles. The number of nitrogens with zero attached hydrogens (tertiary/aromatic N) is 1. The van der Waals surface area contributed by atoms with Crippen molar-refractivity contribution in [2.24, 2.45) is 0 Å². The van der Waals surface area contributed by atoms with Crippen LogP contribution in [-0.2, 0) is 19.3 Å². The third-order valence-corrected chi connectivity index (χ3v) is 4.38. The Morgan fingerprint density at radius 1 is 1.27 bits per heavy atom. The molecule has 3 N–H and O–H groups in total. The molecular formula is C17H18N4O. The fraction of sp³-hybridized carbons (Fsp3) is 0.294. The molecule has 0 fully saturated rings. The summed E-state index contributed by atoms with van der Waals surface area (Å²) in [5, 5.41) is 11.3. The van der Waals surface area contributed by atoms with Gasteiger partial charge in [-0.2, -0.15) is 5.10 Å². The molecule has 0 atom stereocenters. The van der Waals surface area contributed by atoms with E-state index in [2.05, 4.69) is 32.6 Å². The first-order valence-electron chi connectivity index (χ1n) is 7.72. The Morgan fingerprint density at radius 3 is 3.14 bits per heavy atom. The van der Waals surface area contributed by atoms with E-state index in [9.17, 15) is 4.79 Å². The van der Waals surface area contributed by atoms with Crippen LogP contribution in [0.25, 0.3) is 10.9 Å². The molecule has 0 radical (unpaired) electrons. The van der Waals surface area contributed by atoms with Gasteiger partial charge in [0.25, 0.3) is 5.91 Å². The number of aromatic nitrogens is 3. The number of hydrogen-bond acceptors (Lipinski definition) is 2. The predicted octanol–water partition coefficient (Wildman–Crippen LogP) is 2.35. The van der Waals surface area contributed by atoms with Gasteiger partial charge in [-0.1, -0.05) is 18.2 Å².